The maximum Gasteiger partial charge on any atom is 0.306 e. The molecule has 3 heteroatoms. The van der Waals surface area contributed by atoms with E-state index in [0.29, 0.717) is 13.0 Å². The first-order chi connectivity index (χ1) is 8.74. The van der Waals surface area contributed by atoms with E-state index >= 15 is 0 Å². The van der Waals surface area contributed by atoms with Crippen LogP contribution in [-0.2, 0) is 9.53 Å². The molecule has 0 amide bonds. The maximum absolute atomic E-state index is 11.4. The van der Waals surface area contributed by atoms with E-state index in [2.05, 4.69) is 13.5 Å². The number of benzene rings is 1. The van der Waals surface area contributed by atoms with Crippen LogP contribution in [0.3, 0.4) is 0 Å². The smallest absolute Gasteiger partial charge is 0.306 e. The van der Waals surface area contributed by atoms with Crippen molar-refractivity contribution >= 4 is 22.6 Å². The zero-order chi connectivity index (χ0) is 13.2. The first-order valence-corrected chi connectivity index (χ1v) is 7.25. The summed E-state index contributed by atoms with van der Waals surface area (Å²) in [5, 5.41) is 0. The molecule has 98 valence electrons. The van der Waals surface area contributed by atoms with E-state index in [0.717, 1.165) is 29.1 Å². The van der Waals surface area contributed by atoms with E-state index < -0.39 is 0 Å². The molecule has 0 atom stereocenters. The second kappa shape index (κ2) is 8.81. The molecule has 1 rings (SSSR count). The Balaban J connectivity index is 2.18. The Hall–Kier alpha value is -1.22. The van der Waals surface area contributed by atoms with E-state index in [1.807, 2.05) is 30.3 Å². The number of rotatable bonds is 8. The zero-order valence-corrected chi connectivity index (χ0v) is 11.7. The lowest BCUT2D eigenvalue weighted by Crippen LogP contribution is -2.06. The van der Waals surface area contributed by atoms with Crippen molar-refractivity contribution in [3.8, 4) is 0 Å². The van der Waals surface area contributed by atoms with Crippen LogP contribution >= 0.6 is 11.8 Å². The Morgan fingerprint density at radius 3 is 2.72 bits per heavy atom. The minimum atomic E-state index is -0.114. The highest BCUT2D eigenvalue weighted by molar-refractivity contribution is 8.08. The first-order valence-electron chi connectivity index (χ1n) is 6.26. The number of carbonyl (C=O) groups excluding carboxylic acids is 1. The van der Waals surface area contributed by atoms with Gasteiger partial charge in [0.15, 0.2) is 0 Å². The summed E-state index contributed by atoms with van der Waals surface area (Å²) in [6.45, 7) is 6.63. The number of ether oxygens (including phenoxy) is 1. The van der Waals surface area contributed by atoms with Gasteiger partial charge in [-0.2, -0.15) is 0 Å². The molecule has 0 bridgehead atoms. The summed E-state index contributed by atoms with van der Waals surface area (Å²) >= 11 is 1.60. The van der Waals surface area contributed by atoms with Crippen molar-refractivity contribution in [2.75, 3.05) is 12.4 Å². The second-order valence-corrected chi connectivity index (χ2v) is 5.15. The van der Waals surface area contributed by atoms with Gasteiger partial charge >= 0.3 is 5.97 Å². The summed E-state index contributed by atoms with van der Waals surface area (Å²) in [6, 6.07) is 10.00. The summed E-state index contributed by atoms with van der Waals surface area (Å²) in [7, 11) is 0. The van der Waals surface area contributed by atoms with E-state index in [1.165, 1.54) is 0 Å². The van der Waals surface area contributed by atoms with Crippen molar-refractivity contribution in [3.05, 3.63) is 42.5 Å². The number of hydrogen-bond acceptors (Lipinski definition) is 3. The molecule has 0 N–H and O–H groups in total. The van der Waals surface area contributed by atoms with Gasteiger partial charge in [-0.15, -0.1) is 11.8 Å². The standard InChI is InChI=1S/C15H20O2S/c1-3-4-11-17-15(16)10-12-18-13(2)14-8-6-5-7-9-14/h5-9H,2-4,10-12H2,1H3. The third kappa shape index (κ3) is 5.92. The molecule has 0 saturated heterocycles. The van der Waals surface area contributed by atoms with Crippen LogP contribution in [0.15, 0.2) is 36.9 Å². The van der Waals surface area contributed by atoms with Gasteiger partial charge in [-0.25, -0.2) is 0 Å². The Kier molecular flexibility index (Phi) is 7.26. The van der Waals surface area contributed by atoms with E-state index in [1.54, 1.807) is 11.8 Å². The van der Waals surface area contributed by atoms with Gasteiger partial charge in [-0.3, -0.25) is 4.79 Å². The third-order valence-electron chi connectivity index (χ3n) is 2.44. The van der Waals surface area contributed by atoms with Gasteiger partial charge in [0.25, 0.3) is 0 Å². The summed E-state index contributed by atoms with van der Waals surface area (Å²) in [5.74, 6) is 0.607. The molecule has 0 radical (unpaired) electrons. The molecule has 0 aliphatic carbocycles. The molecular weight excluding hydrogens is 244 g/mol. The molecular formula is C15H20O2S. The molecule has 0 heterocycles. The molecule has 0 aliphatic heterocycles. The summed E-state index contributed by atoms with van der Waals surface area (Å²) in [5.41, 5.74) is 1.11. The van der Waals surface area contributed by atoms with Crippen molar-refractivity contribution in [1.82, 2.24) is 0 Å². The number of esters is 1. The van der Waals surface area contributed by atoms with Crippen molar-refractivity contribution in [1.29, 1.82) is 0 Å². The van der Waals surface area contributed by atoms with Gasteiger partial charge in [-0.1, -0.05) is 50.3 Å². The molecule has 0 aromatic heterocycles. The molecule has 1 aromatic carbocycles. The molecule has 0 unspecified atom stereocenters. The fraction of sp³-hybridized carbons (Fsp3) is 0.400. The highest BCUT2D eigenvalue weighted by atomic mass is 32.2. The third-order valence-corrected chi connectivity index (χ3v) is 3.43. The minimum absolute atomic E-state index is 0.114. The Morgan fingerprint density at radius 1 is 1.33 bits per heavy atom. The van der Waals surface area contributed by atoms with Crippen LogP contribution in [0.1, 0.15) is 31.7 Å². The van der Waals surface area contributed by atoms with Gasteiger partial charge < -0.3 is 4.74 Å². The van der Waals surface area contributed by atoms with Gasteiger partial charge in [0.1, 0.15) is 0 Å². The van der Waals surface area contributed by atoms with Crippen LogP contribution in [0, 0.1) is 0 Å². The molecule has 1 aromatic rings. The number of carbonyl (C=O) groups is 1. The van der Waals surface area contributed by atoms with Gasteiger partial charge in [0.05, 0.1) is 13.0 Å². The molecule has 0 aliphatic rings. The molecule has 18 heavy (non-hydrogen) atoms. The van der Waals surface area contributed by atoms with Crippen LogP contribution in [0.5, 0.6) is 0 Å². The quantitative estimate of drug-likeness (QED) is 0.522. The SMILES string of the molecule is C=C(SCCC(=O)OCCCC)c1ccccc1. The van der Waals surface area contributed by atoms with Crippen LogP contribution in [0.4, 0.5) is 0 Å². The largest absolute Gasteiger partial charge is 0.466 e. The van der Waals surface area contributed by atoms with Crippen molar-refractivity contribution < 1.29 is 9.53 Å². The van der Waals surface area contributed by atoms with Gasteiger partial charge in [0.2, 0.25) is 0 Å². The average molecular weight is 264 g/mol. The van der Waals surface area contributed by atoms with Gasteiger partial charge in [0, 0.05) is 10.7 Å². The van der Waals surface area contributed by atoms with Crippen molar-refractivity contribution in [2.24, 2.45) is 0 Å². The normalized spacial score (nSPS) is 10.1. The maximum atomic E-state index is 11.4. The summed E-state index contributed by atoms with van der Waals surface area (Å²) in [4.78, 5) is 12.4. The van der Waals surface area contributed by atoms with Crippen LogP contribution in [0.2, 0.25) is 0 Å². The Labute approximate surface area is 113 Å². The lowest BCUT2D eigenvalue weighted by atomic mass is 10.2. The predicted molar refractivity (Wildman–Crippen MR) is 78.4 cm³/mol. The number of unbranched alkanes of at least 4 members (excludes halogenated alkanes) is 1. The zero-order valence-electron chi connectivity index (χ0n) is 10.9. The highest BCUT2D eigenvalue weighted by Crippen LogP contribution is 2.25. The summed E-state index contributed by atoms with van der Waals surface area (Å²) in [6.07, 6.45) is 2.43. The van der Waals surface area contributed by atoms with Crippen molar-refractivity contribution in [2.45, 2.75) is 26.2 Å². The topological polar surface area (TPSA) is 26.3 Å². The second-order valence-electron chi connectivity index (χ2n) is 3.96. The average Bonchev–Trinajstić information content (AvgIpc) is 2.40. The van der Waals surface area contributed by atoms with E-state index in [9.17, 15) is 4.79 Å². The monoisotopic (exact) mass is 264 g/mol. The highest BCUT2D eigenvalue weighted by Gasteiger charge is 2.04. The summed E-state index contributed by atoms with van der Waals surface area (Å²) < 4.78 is 5.09. The minimum Gasteiger partial charge on any atom is -0.466 e. The Morgan fingerprint density at radius 2 is 2.06 bits per heavy atom. The Bertz CT molecular complexity index is 373. The van der Waals surface area contributed by atoms with Crippen LogP contribution in [-0.4, -0.2) is 18.3 Å². The molecule has 0 spiro atoms. The molecule has 0 saturated carbocycles. The van der Waals surface area contributed by atoms with Gasteiger partial charge in [-0.05, 0) is 12.0 Å². The van der Waals surface area contributed by atoms with Crippen LogP contribution in [0.25, 0.3) is 4.91 Å². The molecule has 2 nitrogen and oxygen atoms in total. The van der Waals surface area contributed by atoms with E-state index in [4.69, 9.17) is 4.74 Å². The van der Waals surface area contributed by atoms with Crippen LogP contribution < -0.4 is 0 Å². The first kappa shape index (κ1) is 14.8. The fourth-order valence-corrected chi connectivity index (χ4v) is 2.19. The fourth-order valence-electron chi connectivity index (χ4n) is 1.37. The lowest BCUT2D eigenvalue weighted by molar-refractivity contribution is -0.143. The predicted octanol–water partition coefficient (Wildman–Crippen LogP) is 4.12. The van der Waals surface area contributed by atoms with Crippen molar-refractivity contribution in [3.63, 3.8) is 0 Å². The number of hydrogen-bond donors (Lipinski definition) is 0. The lowest BCUT2D eigenvalue weighted by Gasteiger charge is -2.06. The van der Waals surface area contributed by atoms with E-state index in [-0.39, 0.29) is 5.97 Å². The number of thioether (sulfide) groups is 1. The molecule has 0 fully saturated rings.